The number of amides is 1. The van der Waals surface area contributed by atoms with Crippen LogP contribution in [-0.4, -0.2) is 25.6 Å². The molecule has 0 bridgehead atoms. The van der Waals surface area contributed by atoms with Gasteiger partial charge in [0.15, 0.2) is 0 Å². The van der Waals surface area contributed by atoms with Gasteiger partial charge >= 0.3 is 0 Å². The van der Waals surface area contributed by atoms with Crippen molar-refractivity contribution in [2.45, 2.75) is 33.4 Å². The number of pyridine rings is 1. The Kier molecular flexibility index (Phi) is 5.80. The monoisotopic (exact) mass is 416 g/mol. The Morgan fingerprint density at radius 2 is 1.81 bits per heavy atom. The minimum absolute atomic E-state index is 0.103. The van der Waals surface area contributed by atoms with Crippen LogP contribution < -0.4 is 0 Å². The van der Waals surface area contributed by atoms with Gasteiger partial charge < -0.3 is 4.90 Å². The van der Waals surface area contributed by atoms with Crippen molar-refractivity contribution in [1.29, 1.82) is 0 Å². The molecule has 1 amide bonds. The molecule has 1 aliphatic rings. The molecule has 0 unspecified atom stereocenters. The number of hydrogen-bond acceptors (Lipinski definition) is 3. The van der Waals surface area contributed by atoms with E-state index >= 15 is 0 Å². The van der Waals surface area contributed by atoms with Crippen LogP contribution >= 0.6 is 0 Å². The smallest absolute Gasteiger partial charge is 0.256 e. The maximum Gasteiger partial charge on any atom is 0.256 e. The van der Waals surface area contributed by atoms with Crippen molar-refractivity contribution < 1.29 is 9.18 Å². The lowest BCUT2D eigenvalue weighted by Gasteiger charge is -2.16. The van der Waals surface area contributed by atoms with Crippen LogP contribution in [0.3, 0.4) is 0 Å². The molecule has 0 spiro atoms. The molecule has 3 heterocycles. The van der Waals surface area contributed by atoms with Crippen molar-refractivity contribution in [3.05, 3.63) is 83.6 Å². The molecule has 0 saturated heterocycles. The van der Waals surface area contributed by atoms with Crippen molar-refractivity contribution in [1.82, 2.24) is 19.7 Å². The van der Waals surface area contributed by atoms with Crippen LogP contribution in [0.25, 0.3) is 22.0 Å². The van der Waals surface area contributed by atoms with Crippen molar-refractivity contribution in [2.24, 2.45) is 7.05 Å². The van der Waals surface area contributed by atoms with Crippen molar-refractivity contribution >= 4 is 16.8 Å². The van der Waals surface area contributed by atoms with E-state index in [1.165, 1.54) is 12.5 Å². The van der Waals surface area contributed by atoms with Crippen LogP contribution in [0.2, 0.25) is 0 Å². The van der Waals surface area contributed by atoms with Gasteiger partial charge in [0.25, 0.3) is 5.91 Å². The van der Waals surface area contributed by atoms with E-state index in [1.54, 1.807) is 34.0 Å². The van der Waals surface area contributed by atoms with Gasteiger partial charge in [0.2, 0.25) is 0 Å². The zero-order valence-corrected chi connectivity index (χ0v) is 18.0. The van der Waals surface area contributed by atoms with E-state index in [0.29, 0.717) is 17.7 Å². The Morgan fingerprint density at radius 3 is 2.55 bits per heavy atom. The second-order valence-corrected chi connectivity index (χ2v) is 7.75. The summed E-state index contributed by atoms with van der Waals surface area (Å²) in [6.45, 7) is 4.89. The third-order valence-electron chi connectivity index (χ3n) is 5.12. The summed E-state index contributed by atoms with van der Waals surface area (Å²) in [4.78, 5) is 18.3. The molecule has 0 aliphatic carbocycles. The van der Waals surface area contributed by atoms with Crippen LogP contribution in [0.15, 0.2) is 60.9 Å². The molecule has 2 aromatic heterocycles. The van der Waals surface area contributed by atoms with Gasteiger partial charge in [-0.25, -0.2) is 4.39 Å². The first-order chi connectivity index (χ1) is 15.0. The summed E-state index contributed by atoms with van der Waals surface area (Å²) in [5.41, 5.74) is 4.47. The number of halogens is 1. The summed E-state index contributed by atoms with van der Waals surface area (Å²) in [5.74, 6) is -0.422. The molecule has 6 heteroatoms. The number of aromatic nitrogens is 3. The molecule has 0 radical (unpaired) electrons. The molecule has 158 valence electrons. The fourth-order valence-electron chi connectivity index (χ4n) is 3.70. The minimum Gasteiger partial charge on any atom is -0.328 e. The number of aryl methyl sites for hydroxylation is 1. The first-order valence-electron chi connectivity index (χ1n) is 10.5. The number of rotatable bonds is 3. The second-order valence-electron chi connectivity index (χ2n) is 7.75. The van der Waals surface area contributed by atoms with E-state index in [0.717, 1.165) is 27.7 Å². The van der Waals surface area contributed by atoms with E-state index < -0.39 is 0 Å². The zero-order valence-electron chi connectivity index (χ0n) is 18.0. The van der Waals surface area contributed by atoms with Crippen LogP contribution in [0.4, 0.5) is 4.39 Å². The van der Waals surface area contributed by atoms with Crippen LogP contribution in [0.1, 0.15) is 41.9 Å². The highest BCUT2D eigenvalue weighted by atomic mass is 19.1. The van der Waals surface area contributed by atoms with Crippen molar-refractivity contribution in [2.75, 3.05) is 0 Å². The van der Waals surface area contributed by atoms with Crippen LogP contribution in [-0.2, 0) is 20.1 Å². The summed E-state index contributed by atoms with van der Waals surface area (Å²) in [6, 6.07) is 14.6. The summed E-state index contributed by atoms with van der Waals surface area (Å²) < 4.78 is 16.6. The Balaban J connectivity index is 0.000000730. The van der Waals surface area contributed by atoms with Gasteiger partial charge in [-0.3, -0.25) is 14.5 Å². The maximum atomic E-state index is 14.8. The maximum absolute atomic E-state index is 14.8. The van der Waals surface area contributed by atoms with Gasteiger partial charge in [-0.15, -0.1) is 0 Å². The summed E-state index contributed by atoms with van der Waals surface area (Å²) in [6.07, 6.45) is 4.86. The number of nitrogens with zero attached hydrogens (tertiary/aromatic N) is 4. The van der Waals surface area contributed by atoms with Crippen LogP contribution in [0.5, 0.6) is 0 Å². The van der Waals surface area contributed by atoms with Crippen molar-refractivity contribution in [3.63, 3.8) is 0 Å². The Labute approximate surface area is 181 Å². The average Bonchev–Trinajstić information content (AvgIpc) is 3.28. The lowest BCUT2D eigenvalue weighted by atomic mass is 10.0. The summed E-state index contributed by atoms with van der Waals surface area (Å²) in [7, 11) is 1.88. The van der Waals surface area contributed by atoms with Gasteiger partial charge in [-0.2, -0.15) is 5.10 Å². The minimum atomic E-state index is -0.319. The first-order valence-corrected chi connectivity index (χ1v) is 10.5. The normalized spacial score (nSPS) is 12.6. The highest BCUT2D eigenvalue weighted by Crippen LogP contribution is 2.28. The van der Waals surface area contributed by atoms with E-state index in [9.17, 15) is 9.18 Å². The quantitative estimate of drug-likeness (QED) is 0.453. The van der Waals surface area contributed by atoms with Crippen LogP contribution in [0, 0.1) is 5.82 Å². The zero-order chi connectivity index (χ0) is 22.0. The highest BCUT2D eigenvalue weighted by molar-refractivity contribution is 5.97. The lowest BCUT2D eigenvalue weighted by molar-refractivity contribution is 0.0765. The third-order valence-corrected chi connectivity index (χ3v) is 5.12. The predicted octanol–water partition coefficient (Wildman–Crippen LogP) is 5.35. The SMILES string of the molecule is CCC.Cn1cc2cc(-c3ccc(CN4Cc5ncccc5C4=O)c(F)c3)ccc2n1. The molecule has 5 nitrogen and oxygen atoms in total. The van der Waals surface area contributed by atoms with E-state index in [1.807, 2.05) is 37.5 Å². The van der Waals surface area contributed by atoms with E-state index in [4.69, 9.17) is 0 Å². The van der Waals surface area contributed by atoms with Gasteiger partial charge in [-0.05, 0) is 41.5 Å². The second kappa shape index (κ2) is 8.68. The third kappa shape index (κ3) is 4.19. The van der Waals surface area contributed by atoms with E-state index in [2.05, 4.69) is 23.9 Å². The molecule has 0 saturated carbocycles. The first kappa shape index (κ1) is 20.7. The van der Waals surface area contributed by atoms with Crippen molar-refractivity contribution in [3.8, 4) is 11.1 Å². The van der Waals surface area contributed by atoms with E-state index in [-0.39, 0.29) is 18.3 Å². The Bertz CT molecular complexity index is 1250. The standard InChI is InChI=1S/C22H17FN4O.C3H8/c1-26-11-17-9-14(6-7-20(17)25-26)15-4-5-16(19(23)10-15)12-27-13-21-18(22(27)28)3-2-8-24-21;1-3-2/h2-11H,12-13H2,1H3;3H2,1-2H3. The number of fused-ring (bicyclic) bond motifs is 2. The Hall–Kier alpha value is -3.54. The molecule has 0 fully saturated rings. The number of carbonyl (C=O) groups excluding carboxylic acids is 1. The molecular weight excluding hydrogens is 391 g/mol. The van der Waals surface area contributed by atoms with Gasteiger partial charge in [-0.1, -0.05) is 38.5 Å². The number of hydrogen-bond donors (Lipinski definition) is 0. The topological polar surface area (TPSA) is 51.0 Å². The lowest BCUT2D eigenvalue weighted by Crippen LogP contribution is -2.23. The molecule has 4 aromatic rings. The molecule has 31 heavy (non-hydrogen) atoms. The summed E-state index contributed by atoms with van der Waals surface area (Å²) >= 11 is 0. The molecule has 2 aromatic carbocycles. The molecule has 1 aliphatic heterocycles. The number of carbonyl (C=O) groups is 1. The van der Waals surface area contributed by atoms with Gasteiger partial charge in [0.1, 0.15) is 5.82 Å². The Morgan fingerprint density at radius 1 is 1.06 bits per heavy atom. The van der Waals surface area contributed by atoms with Gasteiger partial charge in [0.05, 0.1) is 23.3 Å². The fourth-order valence-corrected chi connectivity index (χ4v) is 3.70. The van der Waals surface area contributed by atoms with Gasteiger partial charge in [0, 0.05) is 36.9 Å². The largest absolute Gasteiger partial charge is 0.328 e. The molecular formula is C25H25FN4O. The highest BCUT2D eigenvalue weighted by Gasteiger charge is 2.28. The predicted molar refractivity (Wildman–Crippen MR) is 120 cm³/mol. The molecule has 0 atom stereocenters. The fraction of sp³-hybridized carbons (Fsp3) is 0.240. The molecule has 0 N–H and O–H groups in total. The number of benzene rings is 2. The molecule has 5 rings (SSSR count). The summed E-state index contributed by atoms with van der Waals surface area (Å²) in [5, 5.41) is 5.37. The average molecular weight is 417 g/mol.